The van der Waals surface area contributed by atoms with Crippen LogP contribution in [-0.2, 0) is 33.6 Å². The molecule has 134 valence electrons. The maximum absolute atomic E-state index is 12.4. The lowest BCUT2D eigenvalue weighted by molar-refractivity contribution is -0.142. The largest absolute Gasteiger partial charge is 0.507 e. The lowest BCUT2D eigenvalue weighted by atomic mass is 9.90. The van der Waals surface area contributed by atoms with Crippen LogP contribution >= 0.6 is 0 Å². The molecule has 2 rings (SSSR count). The number of hydrogen-bond donors (Lipinski definition) is 1. The van der Waals surface area contributed by atoms with Crippen LogP contribution in [0.1, 0.15) is 36.5 Å². The fourth-order valence-corrected chi connectivity index (χ4v) is 3.19. The van der Waals surface area contributed by atoms with Gasteiger partial charge in [-0.05, 0) is 43.4 Å². The van der Waals surface area contributed by atoms with E-state index in [0.29, 0.717) is 32.3 Å². The van der Waals surface area contributed by atoms with Crippen LogP contribution in [0.4, 0.5) is 5.69 Å². The molecule has 1 N–H and O–H groups in total. The van der Waals surface area contributed by atoms with E-state index >= 15 is 0 Å². The highest BCUT2D eigenvalue weighted by Crippen LogP contribution is 2.39. The first-order valence-electron chi connectivity index (χ1n) is 8.57. The summed E-state index contributed by atoms with van der Waals surface area (Å²) in [5.74, 6) is -0.0892. The van der Waals surface area contributed by atoms with E-state index in [1.165, 1.54) is 0 Å². The van der Waals surface area contributed by atoms with Crippen LogP contribution in [0.3, 0.4) is 0 Å². The van der Waals surface area contributed by atoms with E-state index in [1.807, 2.05) is 6.07 Å². The van der Waals surface area contributed by atoms with Gasteiger partial charge in [0.25, 0.3) is 0 Å². The summed E-state index contributed by atoms with van der Waals surface area (Å²) >= 11 is 0. The van der Waals surface area contributed by atoms with Gasteiger partial charge in [0.1, 0.15) is 5.75 Å². The summed E-state index contributed by atoms with van der Waals surface area (Å²) in [6, 6.07) is 1.83. The Morgan fingerprint density at radius 2 is 2.04 bits per heavy atom. The van der Waals surface area contributed by atoms with Crippen molar-refractivity contribution in [2.75, 3.05) is 18.1 Å². The van der Waals surface area contributed by atoms with E-state index in [9.17, 15) is 14.7 Å². The van der Waals surface area contributed by atoms with Crippen molar-refractivity contribution in [3.05, 3.63) is 48.1 Å². The second-order valence-corrected chi connectivity index (χ2v) is 5.95. The number of amides is 1. The van der Waals surface area contributed by atoms with E-state index in [4.69, 9.17) is 4.74 Å². The second kappa shape index (κ2) is 8.51. The standard InChI is InChI=1S/C20H25NO4/c1-4-7-14-13-17-15(16(8-5-2)20(14)24)9-10-18(22)21(17)12-11-19(23)25-6-3/h4-5,13,24H,1-2,6-12H2,3H3. The van der Waals surface area contributed by atoms with Gasteiger partial charge < -0.3 is 14.7 Å². The molecule has 0 radical (unpaired) electrons. The first kappa shape index (κ1) is 18.8. The van der Waals surface area contributed by atoms with Crippen LogP contribution in [0.2, 0.25) is 0 Å². The van der Waals surface area contributed by atoms with Crippen molar-refractivity contribution in [2.45, 2.75) is 39.0 Å². The minimum absolute atomic E-state index is 0.0170. The molecule has 0 unspecified atom stereocenters. The average molecular weight is 343 g/mol. The molecule has 1 aliphatic rings. The third kappa shape index (κ3) is 4.10. The van der Waals surface area contributed by atoms with Crippen LogP contribution < -0.4 is 4.90 Å². The number of nitrogens with zero attached hydrogens (tertiary/aromatic N) is 1. The van der Waals surface area contributed by atoms with Crippen molar-refractivity contribution in [3.8, 4) is 5.75 Å². The number of rotatable bonds is 8. The number of phenolic OH excluding ortho intramolecular Hbond substituents is 1. The lowest BCUT2D eigenvalue weighted by Gasteiger charge is -2.32. The molecule has 0 aliphatic carbocycles. The molecule has 0 bridgehead atoms. The van der Waals surface area contributed by atoms with Gasteiger partial charge in [-0.25, -0.2) is 0 Å². The summed E-state index contributed by atoms with van der Waals surface area (Å²) in [6.07, 6.45) is 5.57. The Kier molecular flexibility index (Phi) is 6.39. The molecule has 0 saturated carbocycles. The predicted octanol–water partition coefficient (Wildman–Crippen LogP) is 3.08. The lowest BCUT2D eigenvalue weighted by Crippen LogP contribution is -2.37. The molecular weight excluding hydrogens is 318 g/mol. The summed E-state index contributed by atoms with van der Waals surface area (Å²) in [5.41, 5.74) is 3.25. The zero-order chi connectivity index (χ0) is 18.4. The number of ether oxygens (including phenoxy) is 1. The van der Waals surface area contributed by atoms with Crippen molar-refractivity contribution in [1.29, 1.82) is 0 Å². The molecule has 1 aromatic carbocycles. The highest BCUT2D eigenvalue weighted by molar-refractivity contribution is 5.97. The SMILES string of the molecule is C=CCc1cc2c(c(CC=C)c1O)CCC(=O)N2CCC(=O)OCC. The van der Waals surface area contributed by atoms with Crippen LogP contribution in [-0.4, -0.2) is 30.1 Å². The fourth-order valence-electron chi connectivity index (χ4n) is 3.19. The van der Waals surface area contributed by atoms with Gasteiger partial charge in [-0.1, -0.05) is 12.2 Å². The summed E-state index contributed by atoms with van der Waals surface area (Å²) < 4.78 is 4.96. The van der Waals surface area contributed by atoms with Crippen LogP contribution in [0.15, 0.2) is 31.4 Å². The van der Waals surface area contributed by atoms with Gasteiger partial charge in [0.2, 0.25) is 5.91 Å². The predicted molar refractivity (Wildman–Crippen MR) is 97.8 cm³/mol. The third-order valence-corrected chi connectivity index (χ3v) is 4.31. The smallest absolute Gasteiger partial charge is 0.307 e. The zero-order valence-electron chi connectivity index (χ0n) is 14.7. The van der Waals surface area contributed by atoms with Crippen LogP contribution in [0.5, 0.6) is 5.75 Å². The maximum Gasteiger partial charge on any atom is 0.307 e. The van der Waals surface area contributed by atoms with E-state index < -0.39 is 0 Å². The number of benzene rings is 1. The maximum atomic E-state index is 12.4. The number of phenols is 1. The molecule has 0 fully saturated rings. The molecule has 0 saturated heterocycles. The number of allylic oxidation sites excluding steroid dienone is 2. The first-order chi connectivity index (χ1) is 12.0. The highest BCUT2D eigenvalue weighted by Gasteiger charge is 2.28. The molecule has 5 nitrogen and oxygen atoms in total. The van der Waals surface area contributed by atoms with E-state index in [2.05, 4.69) is 13.2 Å². The summed E-state index contributed by atoms with van der Waals surface area (Å²) in [5, 5.41) is 10.6. The van der Waals surface area contributed by atoms with Crippen molar-refractivity contribution in [1.82, 2.24) is 0 Å². The molecule has 25 heavy (non-hydrogen) atoms. The van der Waals surface area contributed by atoms with E-state index in [-0.39, 0.29) is 30.6 Å². The number of hydrogen-bond acceptors (Lipinski definition) is 4. The number of carbonyl (C=O) groups excluding carboxylic acids is 2. The first-order valence-corrected chi connectivity index (χ1v) is 8.57. The Hall–Kier alpha value is -2.56. The van der Waals surface area contributed by atoms with Gasteiger partial charge in [-0.2, -0.15) is 0 Å². The zero-order valence-corrected chi connectivity index (χ0v) is 14.7. The van der Waals surface area contributed by atoms with E-state index in [1.54, 1.807) is 24.0 Å². The molecule has 0 atom stereocenters. The number of esters is 1. The monoisotopic (exact) mass is 343 g/mol. The number of fused-ring (bicyclic) bond motifs is 1. The Bertz CT molecular complexity index is 693. The number of anilines is 1. The second-order valence-electron chi connectivity index (χ2n) is 5.95. The molecule has 0 aromatic heterocycles. The topological polar surface area (TPSA) is 66.8 Å². The third-order valence-electron chi connectivity index (χ3n) is 4.31. The van der Waals surface area contributed by atoms with Crippen molar-refractivity contribution in [3.63, 3.8) is 0 Å². The Morgan fingerprint density at radius 3 is 2.68 bits per heavy atom. The van der Waals surface area contributed by atoms with Gasteiger partial charge in [-0.15, -0.1) is 13.2 Å². The molecule has 5 heteroatoms. The van der Waals surface area contributed by atoms with Gasteiger partial charge in [0.15, 0.2) is 0 Å². The molecule has 1 heterocycles. The van der Waals surface area contributed by atoms with Gasteiger partial charge in [-0.3, -0.25) is 9.59 Å². The van der Waals surface area contributed by atoms with Crippen molar-refractivity contribution in [2.24, 2.45) is 0 Å². The highest BCUT2D eigenvalue weighted by atomic mass is 16.5. The number of carbonyl (C=O) groups is 2. The summed E-state index contributed by atoms with van der Waals surface area (Å²) in [4.78, 5) is 25.7. The van der Waals surface area contributed by atoms with Gasteiger partial charge >= 0.3 is 5.97 Å². The normalized spacial score (nSPS) is 13.3. The minimum atomic E-state index is -0.321. The molecular formula is C20H25NO4. The molecule has 1 aliphatic heterocycles. The van der Waals surface area contributed by atoms with Crippen LogP contribution in [0, 0.1) is 0 Å². The fraction of sp³-hybridized carbons (Fsp3) is 0.400. The van der Waals surface area contributed by atoms with Gasteiger partial charge in [0.05, 0.1) is 13.0 Å². The van der Waals surface area contributed by atoms with Crippen LogP contribution in [0.25, 0.3) is 0 Å². The minimum Gasteiger partial charge on any atom is -0.507 e. The Morgan fingerprint density at radius 1 is 1.32 bits per heavy atom. The molecule has 0 spiro atoms. The van der Waals surface area contributed by atoms with E-state index in [0.717, 1.165) is 22.4 Å². The Balaban J connectivity index is 2.43. The van der Waals surface area contributed by atoms with Crippen molar-refractivity contribution >= 4 is 17.6 Å². The molecule has 1 amide bonds. The Labute approximate surface area is 148 Å². The summed E-state index contributed by atoms with van der Waals surface area (Å²) in [7, 11) is 0. The molecule has 1 aromatic rings. The van der Waals surface area contributed by atoms with Gasteiger partial charge in [0, 0.05) is 24.2 Å². The average Bonchev–Trinajstić information content (AvgIpc) is 2.58. The van der Waals surface area contributed by atoms with Crippen molar-refractivity contribution < 1.29 is 19.4 Å². The number of aromatic hydroxyl groups is 1. The quantitative estimate of drug-likeness (QED) is 0.582. The summed E-state index contributed by atoms with van der Waals surface area (Å²) in [6.45, 7) is 9.84.